The first-order chi connectivity index (χ1) is 8.69. The number of nitrogens with one attached hydrogen (secondary N) is 2. The van der Waals surface area contributed by atoms with Crippen LogP contribution < -0.4 is 10.6 Å². The highest BCUT2D eigenvalue weighted by atomic mass is 16.4. The van der Waals surface area contributed by atoms with E-state index >= 15 is 0 Å². The second-order valence-electron chi connectivity index (χ2n) is 5.29. The molecule has 5 heteroatoms. The highest BCUT2D eigenvalue weighted by molar-refractivity contribution is 5.19. The topological polar surface area (TPSA) is 63.0 Å². The van der Waals surface area contributed by atoms with Gasteiger partial charge in [-0.15, -0.1) is 5.10 Å². The number of rotatable bonds is 7. The zero-order valence-corrected chi connectivity index (χ0v) is 11.6. The zero-order valence-electron chi connectivity index (χ0n) is 11.6. The Hall–Kier alpha value is -1.10. The largest absolute Gasteiger partial charge is 0.406 e. The average Bonchev–Trinajstić information content (AvgIpc) is 2.77. The van der Waals surface area contributed by atoms with Crippen molar-refractivity contribution in [2.75, 3.05) is 18.4 Å². The van der Waals surface area contributed by atoms with E-state index in [0.717, 1.165) is 13.1 Å². The fourth-order valence-electron chi connectivity index (χ4n) is 2.47. The van der Waals surface area contributed by atoms with Crippen LogP contribution in [0.4, 0.5) is 6.01 Å². The van der Waals surface area contributed by atoms with Gasteiger partial charge in [0.15, 0.2) is 0 Å². The Bertz CT molecular complexity index is 367. The molecule has 2 N–H and O–H groups in total. The molecule has 1 aromatic heterocycles. The zero-order chi connectivity index (χ0) is 13.0. The number of hydrogen-bond acceptors (Lipinski definition) is 5. The lowest BCUT2D eigenvalue weighted by Gasteiger charge is -2.41. The van der Waals surface area contributed by atoms with Gasteiger partial charge in [-0.2, -0.15) is 0 Å². The predicted octanol–water partition coefficient (Wildman–Crippen LogP) is 2.73. The third kappa shape index (κ3) is 2.83. The molecule has 1 aliphatic carbocycles. The number of aromatic nitrogens is 2. The van der Waals surface area contributed by atoms with E-state index < -0.39 is 0 Å². The lowest BCUT2D eigenvalue weighted by molar-refractivity contribution is 0.144. The Morgan fingerprint density at radius 3 is 2.67 bits per heavy atom. The molecule has 0 aromatic carbocycles. The number of hydrogen-bond donors (Lipinski definition) is 2. The lowest BCUT2D eigenvalue weighted by Crippen LogP contribution is -2.35. The summed E-state index contributed by atoms with van der Waals surface area (Å²) in [4.78, 5) is 0. The van der Waals surface area contributed by atoms with Gasteiger partial charge >= 0.3 is 6.01 Å². The Morgan fingerprint density at radius 1 is 1.33 bits per heavy atom. The second-order valence-corrected chi connectivity index (χ2v) is 5.29. The summed E-state index contributed by atoms with van der Waals surface area (Å²) in [5, 5.41) is 14.7. The quantitative estimate of drug-likeness (QED) is 0.781. The molecule has 5 nitrogen and oxygen atoms in total. The molecular weight excluding hydrogens is 228 g/mol. The highest BCUT2D eigenvalue weighted by Gasteiger charge is 2.35. The fourth-order valence-corrected chi connectivity index (χ4v) is 2.47. The smallest absolute Gasteiger partial charge is 0.315 e. The van der Waals surface area contributed by atoms with E-state index in [2.05, 4.69) is 34.7 Å². The molecule has 102 valence electrons. The van der Waals surface area contributed by atoms with Gasteiger partial charge in [0.2, 0.25) is 5.89 Å². The summed E-state index contributed by atoms with van der Waals surface area (Å²) in [6, 6.07) is 0.663. The van der Waals surface area contributed by atoms with Crippen molar-refractivity contribution in [3.63, 3.8) is 0 Å². The van der Waals surface area contributed by atoms with E-state index in [0.29, 0.717) is 17.3 Å². The fraction of sp³-hybridized carbons (Fsp3) is 0.846. The van der Waals surface area contributed by atoms with Crippen LogP contribution >= 0.6 is 0 Å². The Labute approximate surface area is 109 Å². The normalized spacial score (nSPS) is 19.3. The molecule has 0 radical (unpaired) electrons. The van der Waals surface area contributed by atoms with Gasteiger partial charge in [0.25, 0.3) is 0 Å². The van der Waals surface area contributed by atoms with Gasteiger partial charge < -0.3 is 15.1 Å². The van der Waals surface area contributed by atoms with Crippen molar-refractivity contribution in [2.24, 2.45) is 5.41 Å². The van der Waals surface area contributed by atoms with Crippen LogP contribution in [-0.2, 0) is 0 Å². The van der Waals surface area contributed by atoms with Crippen LogP contribution in [0, 0.1) is 5.41 Å². The molecule has 1 atom stereocenters. The minimum atomic E-state index is 0.113. The van der Waals surface area contributed by atoms with Crippen LogP contribution in [0.5, 0.6) is 0 Å². The molecule has 1 fully saturated rings. The average molecular weight is 252 g/mol. The number of anilines is 1. The van der Waals surface area contributed by atoms with E-state index in [1.165, 1.54) is 25.7 Å². The van der Waals surface area contributed by atoms with Crippen molar-refractivity contribution in [3.05, 3.63) is 5.89 Å². The molecule has 18 heavy (non-hydrogen) atoms. The second kappa shape index (κ2) is 5.69. The van der Waals surface area contributed by atoms with Crippen molar-refractivity contribution in [3.8, 4) is 0 Å². The maximum Gasteiger partial charge on any atom is 0.315 e. The Balaban J connectivity index is 1.86. The Morgan fingerprint density at radius 2 is 2.11 bits per heavy atom. The highest BCUT2D eigenvalue weighted by Crippen LogP contribution is 2.43. The van der Waals surface area contributed by atoms with Crippen LogP contribution in [-0.4, -0.2) is 23.3 Å². The minimum absolute atomic E-state index is 0.113. The van der Waals surface area contributed by atoms with Crippen molar-refractivity contribution < 1.29 is 4.42 Å². The standard InChI is InChI=1S/C13H24N4O/c1-4-13(7-6-8-13)9-15-12-17-16-11(18-12)10(3)14-5-2/h10,14H,4-9H2,1-3H3,(H,15,17). The summed E-state index contributed by atoms with van der Waals surface area (Å²) in [6.07, 6.45) is 5.19. The van der Waals surface area contributed by atoms with Crippen LogP contribution in [0.3, 0.4) is 0 Å². The molecule has 0 amide bonds. The molecule has 1 heterocycles. The SMILES string of the molecule is CCNC(C)c1nnc(NCC2(CC)CCC2)o1. The van der Waals surface area contributed by atoms with Crippen LogP contribution in [0.2, 0.25) is 0 Å². The first-order valence-corrected chi connectivity index (χ1v) is 7.00. The minimum Gasteiger partial charge on any atom is -0.406 e. The first-order valence-electron chi connectivity index (χ1n) is 7.00. The lowest BCUT2D eigenvalue weighted by atomic mass is 9.67. The summed E-state index contributed by atoms with van der Waals surface area (Å²) in [5.41, 5.74) is 0.460. The van der Waals surface area contributed by atoms with E-state index in [9.17, 15) is 0 Å². The van der Waals surface area contributed by atoms with E-state index in [-0.39, 0.29) is 6.04 Å². The molecule has 0 saturated heterocycles. The van der Waals surface area contributed by atoms with Gasteiger partial charge in [-0.05, 0) is 38.1 Å². The van der Waals surface area contributed by atoms with Crippen LogP contribution in [0.1, 0.15) is 58.4 Å². The maximum atomic E-state index is 5.61. The third-order valence-corrected chi connectivity index (χ3v) is 4.10. The molecule has 1 unspecified atom stereocenters. The molecule has 1 saturated carbocycles. The Kier molecular flexibility index (Phi) is 4.22. The predicted molar refractivity (Wildman–Crippen MR) is 71.5 cm³/mol. The maximum absolute atomic E-state index is 5.61. The number of nitrogens with zero attached hydrogens (tertiary/aromatic N) is 2. The summed E-state index contributed by atoms with van der Waals surface area (Å²) < 4.78 is 5.61. The third-order valence-electron chi connectivity index (χ3n) is 4.10. The van der Waals surface area contributed by atoms with Gasteiger partial charge in [0, 0.05) is 6.54 Å². The molecule has 2 rings (SSSR count). The van der Waals surface area contributed by atoms with Gasteiger partial charge in [0.1, 0.15) is 0 Å². The summed E-state index contributed by atoms with van der Waals surface area (Å²) in [6.45, 7) is 8.19. The molecule has 1 aliphatic rings. The first kappa shape index (κ1) is 13.3. The molecule has 0 aliphatic heterocycles. The van der Waals surface area contributed by atoms with E-state index in [4.69, 9.17) is 4.42 Å². The summed E-state index contributed by atoms with van der Waals surface area (Å²) >= 11 is 0. The molecule has 1 aromatic rings. The summed E-state index contributed by atoms with van der Waals surface area (Å²) in [5.74, 6) is 0.651. The van der Waals surface area contributed by atoms with Crippen molar-refractivity contribution in [1.29, 1.82) is 0 Å². The van der Waals surface area contributed by atoms with Crippen molar-refractivity contribution in [2.45, 2.75) is 52.5 Å². The van der Waals surface area contributed by atoms with Gasteiger partial charge in [0.05, 0.1) is 6.04 Å². The van der Waals surface area contributed by atoms with Crippen LogP contribution in [0.15, 0.2) is 4.42 Å². The van der Waals surface area contributed by atoms with E-state index in [1.807, 2.05) is 6.92 Å². The van der Waals surface area contributed by atoms with E-state index in [1.54, 1.807) is 0 Å². The van der Waals surface area contributed by atoms with Crippen molar-refractivity contribution in [1.82, 2.24) is 15.5 Å². The van der Waals surface area contributed by atoms with Gasteiger partial charge in [-0.25, -0.2) is 0 Å². The summed E-state index contributed by atoms with van der Waals surface area (Å²) in [7, 11) is 0. The molecule has 0 spiro atoms. The molecule has 0 bridgehead atoms. The van der Waals surface area contributed by atoms with Crippen LogP contribution in [0.25, 0.3) is 0 Å². The van der Waals surface area contributed by atoms with Gasteiger partial charge in [-0.1, -0.05) is 25.4 Å². The van der Waals surface area contributed by atoms with Gasteiger partial charge in [-0.3, -0.25) is 0 Å². The molecular formula is C13H24N4O. The monoisotopic (exact) mass is 252 g/mol. The van der Waals surface area contributed by atoms with Crippen molar-refractivity contribution >= 4 is 6.01 Å².